The molecule has 0 aliphatic rings. The predicted molar refractivity (Wildman–Crippen MR) is 97.0 cm³/mol. The zero-order valence-electron chi connectivity index (χ0n) is 14.9. The number of carbonyl (C=O) groups is 2. The van der Waals surface area contributed by atoms with Crippen LogP contribution in [-0.4, -0.2) is 25.1 Å². The highest BCUT2D eigenvalue weighted by atomic mass is 16.5. The van der Waals surface area contributed by atoms with Crippen LogP contribution < -0.4 is 10.1 Å². The zero-order valence-corrected chi connectivity index (χ0v) is 14.9. The minimum Gasteiger partial charge on any atom is -0.495 e. The van der Waals surface area contributed by atoms with E-state index in [-0.39, 0.29) is 0 Å². The van der Waals surface area contributed by atoms with E-state index in [1.54, 1.807) is 36.4 Å². The van der Waals surface area contributed by atoms with Gasteiger partial charge in [-0.3, -0.25) is 4.79 Å². The molecule has 25 heavy (non-hydrogen) atoms. The molecule has 0 bridgehead atoms. The van der Waals surface area contributed by atoms with Gasteiger partial charge in [0.2, 0.25) is 0 Å². The molecule has 5 heteroatoms. The first-order valence-electron chi connectivity index (χ1n) is 8.17. The van der Waals surface area contributed by atoms with Crippen molar-refractivity contribution in [2.45, 2.75) is 32.8 Å². The van der Waals surface area contributed by atoms with Gasteiger partial charge in [0, 0.05) is 0 Å². The Bertz CT molecular complexity index is 738. The molecule has 0 aliphatic carbocycles. The van der Waals surface area contributed by atoms with Crippen molar-refractivity contribution >= 4 is 17.6 Å². The minimum atomic E-state index is -0.929. The first-order chi connectivity index (χ1) is 11.9. The van der Waals surface area contributed by atoms with Crippen molar-refractivity contribution in [1.82, 2.24) is 0 Å². The highest BCUT2D eigenvalue weighted by Crippen LogP contribution is 2.23. The fourth-order valence-corrected chi connectivity index (χ4v) is 2.27. The zero-order chi connectivity index (χ0) is 18.4. The predicted octanol–water partition coefficient (Wildman–Crippen LogP) is 4.00. The lowest BCUT2D eigenvalue weighted by molar-refractivity contribution is -0.123. The molecule has 1 N–H and O–H groups in total. The van der Waals surface area contributed by atoms with Gasteiger partial charge in [-0.1, -0.05) is 38.1 Å². The molecule has 0 heterocycles. The second kappa shape index (κ2) is 8.33. The van der Waals surface area contributed by atoms with Crippen LogP contribution in [-0.2, 0) is 9.53 Å². The molecule has 2 aromatic carbocycles. The number of amides is 1. The highest BCUT2D eigenvalue weighted by Gasteiger charge is 2.20. The Morgan fingerprint density at radius 1 is 0.960 bits per heavy atom. The van der Waals surface area contributed by atoms with Gasteiger partial charge in [-0.15, -0.1) is 0 Å². The van der Waals surface area contributed by atoms with Crippen LogP contribution in [0.25, 0.3) is 0 Å². The summed E-state index contributed by atoms with van der Waals surface area (Å²) < 4.78 is 10.4. The molecular weight excluding hydrogens is 318 g/mol. The van der Waals surface area contributed by atoms with Crippen molar-refractivity contribution in [3.05, 3.63) is 59.7 Å². The number of esters is 1. The number of nitrogens with one attached hydrogen (secondary N) is 1. The molecule has 132 valence electrons. The van der Waals surface area contributed by atoms with Crippen LogP contribution in [0.4, 0.5) is 5.69 Å². The van der Waals surface area contributed by atoms with E-state index >= 15 is 0 Å². The van der Waals surface area contributed by atoms with E-state index in [9.17, 15) is 9.59 Å². The quantitative estimate of drug-likeness (QED) is 0.807. The van der Waals surface area contributed by atoms with Crippen molar-refractivity contribution in [3.8, 4) is 5.75 Å². The number of rotatable bonds is 6. The first kappa shape index (κ1) is 18.5. The van der Waals surface area contributed by atoms with Gasteiger partial charge < -0.3 is 14.8 Å². The van der Waals surface area contributed by atoms with Crippen LogP contribution in [0.3, 0.4) is 0 Å². The van der Waals surface area contributed by atoms with Crippen LogP contribution in [0.1, 0.15) is 42.6 Å². The summed E-state index contributed by atoms with van der Waals surface area (Å²) in [5.74, 6) is -0.0242. The van der Waals surface area contributed by atoms with Crippen LogP contribution >= 0.6 is 0 Å². The second-order valence-corrected chi connectivity index (χ2v) is 6.01. The van der Waals surface area contributed by atoms with Crippen LogP contribution in [0, 0.1) is 0 Å². The van der Waals surface area contributed by atoms with Gasteiger partial charge in [-0.05, 0) is 42.7 Å². The van der Waals surface area contributed by atoms with E-state index in [4.69, 9.17) is 9.47 Å². The molecule has 1 atom stereocenters. The standard InChI is InChI=1S/C20H23NO4/c1-13(2)15-9-11-16(12-10-15)20(23)25-14(3)19(22)21-17-7-5-6-8-18(17)24-4/h5-14H,1-4H3,(H,21,22)/t14-/m0/s1. The summed E-state index contributed by atoms with van der Waals surface area (Å²) in [6.45, 7) is 5.69. The van der Waals surface area contributed by atoms with Crippen LogP contribution in [0.15, 0.2) is 48.5 Å². The molecule has 0 fully saturated rings. The maximum atomic E-state index is 12.2. The van der Waals surface area contributed by atoms with Gasteiger partial charge in [0.15, 0.2) is 6.10 Å². The number of anilines is 1. The topological polar surface area (TPSA) is 64.6 Å². The van der Waals surface area contributed by atoms with Crippen LogP contribution in [0.5, 0.6) is 5.75 Å². The van der Waals surface area contributed by atoms with Crippen LogP contribution in [0.2, 0.25) is 0 Å². The highest BCUT2D eigenvalue weighted by molar-refractivity contribution is 5.98. The Balaban J connectivity index is 1.99. The minimum absolute atomic E-state index is 0.385. The number of para-hydroxylation sites is 2. The normalized spacial score (nSPS) is 11.7. The smallest absolute Gasteiger partial charge is 0.338 e. The Labute approximate surface area is 148 Å². The first-order valence-corrected chi connectivity index (χ1v) is 8.17. The molecular formula is C20H23NO4. The summed E-state index contributed by atoms with van der Waals surface area (Å²) in [5, 5.41) is 2.70. The van der Waals surface area contributed by atoms with Crippen molar-refractivity contribution in [3.63, 3.8) is 0 Å². The number of hydrogen-bond donors (Lipinski definition) is 1. The molecule has 0 aromatic heterocycles. The number of ether oxygens (including phenoxy) is 2. The number of methoxy groups -OCH3 is 1. The number of hydrogen-bond acceptors (Lipinski definition) is 4. The largest absolute Gasteiger partial charge is 0.495 e. The van der Waals surface area contributed by atoms with E-state index < -0.39 is 18.0 Å². The van der Waals surface area contributed by atoms with E-state index in [1.807, 2.05) is 12.1 Å². The van der Waals surface area contributed by atoms with Gasteiger partial charge >= 0.3 is 5.97 Å². The van der Waals surface area contributed by atoms with E-state index in [1.165, 1.54) is 14.0 Å². The monoisotopic (exact) mass is 341 g/mol. The van der Waals surface area contributed by atoms with E-state index in [0.717, 1.165) is 5.56 Å². The average molecular weight is 341 g/mol. The fraction of sp³-hybridized carbons (Fsp3) is 0.300. The van der Waals surface area contributed by atoms with Gasteiger partial charge in [0.05, 0.1) is 18.4 Å². The van der Waals surface area contributed by atoms with Gasteiger partial charge in [0.25, 0.3) is 5.91 Å². The summed E-state index contributed by atoms with van der Waals surface area (Å²) in [5.41, 5.74) is 2.08. The molecule has 0 spiro atoms. The molecule has 0 unspecified atom stereocenters. The molecule has 5 nitrogen and oxygen atoms in total. The Kier molecular flexibility index (Phi) is 6.17. The third-order valence-electron chi connectivity index (χ3n) is 3.83. The second-order valence-electron chi connectivity index (χ2n) is 6.01. The third kappa shape index (κ3) is 4.83. The van der Waals surface area contributed by atoms with Gasteiger partial charge in [-0.25, -0.2) is 4.79 Å². The average Bonchev–Trinajstić information content (AvgIpc) is 2.62. The summed E-state index contributed by atoms with van der Waals surface area (Å²) in [6, 6.07) is 14.2. The van der Waals surface area contributed by atoms with Gasteiger partial charge in [-0.2, -0.15) is 0 Å². The Morgan fingerprint density at radius 3 is 2.20 bits per heavy atom. The van der Waals surface area contributed by atoms with Crippen molar-refractivity contribution in [2.75, 3.05) is 12.4 Å². The molecule has 0 radical (unpaired) electrons. The Hall–Kier alpha value is -2.82. The molecule has 0 saturated carbocycles. The molecule has 1 amide bonds. The Morgan fingerprint density at radius 2 is 1.60 bits per heavy atom. The fourth-order valence-electron chi connectivity index (χ4n) is 2.27. The van der Waals surface area contributed by atoms with Crippen molar-refractivity contribution in [2.24, 2.45) is 0 Å². The summed E-state index contributed by atoms with van der Waals surface area (Å²) in [6.07, 6.45) is -0.929. The van der Waals surface area contributed by atoms with Gasteiger partial charge in [0.1, 0.15) is 5.75 Å². The molecule has 2 rings (SSSR count). The lowest BCUT2D eigenvalue weighted by Gasteiger charge is -2.15. The van der Waals surface area contributed by atoms with E-state index in [0.29, 0.717) is 22.9 Å². The lowest BCUT2D eigenvalue weighted by atomic mass is 10.0. The third-order valence-corrected chi connectivity index (χ3v) is 3.83. The number of benzene rings is 2. The summed E-state index contributed by atoms with van der Waals surface area (Å²) in [7, 11) is 1.52. The van der Waals surface area contributed by atoms with Crippen molar-refractivity contribution in [1.29, 1.82) is 0 Å². The summed E-state index contributed by atoms with van der Waals surface area (Å²) >= 11 is 0. The van der Waals surface area contributed by atoms with Crippen molar-refractivity contribution < 1.29 is 19.1 Å². The summed E-state index contributed by atoms with van der Waals surface area (Å²) in [4.78, 5) is 24.4. The molecule has 2 aromatic rings. The number of carbonyl (C=O) groups excluding carboxylic acids is 2. The maximum absolute atomic E-state index is 12.2. The molecule has 0 saturated heterocycles. The maximum Gasteiger partial charge on any atom is 0.338 e. The van der Waals surface area contributed by atoms with E-state index in [2.05, 4.69) is 19.2 Å². The lowest BCUT2D eigenvalue weighted by Crippen LogP contribution is -2.30. The SMILES string of the molecule is COc1ccccc1NC(=O)[C@H](C)OC(=O)c1ccc(C(C)C)cc1. The molecule has 0 aliphatic heterocycles.